The summed E-state index contributed by atoms with van der Waals surface area (Å²) in [6.07, 6.45) is -5.87. The van der Waals surface area contributed by atoms with Crippen LogP contribution in [0.1, 0.15) is 40.4 Å². The number of benzene rings is 2. The van der Waals surface area contributed by atoms with Crippen molar-refractivity contribution in [3.8, 4) is 17.1 Å². The van der Waals surface area contributed by atoms with Crippen molar-refractivity contribution in [3.05, 3.63) is 64.5 Å². The number of ether oxygens (including phenoxy) is 2. The monoisotopic (exact) mass is 545 g/mol. The number of alkyl halides is 3. The minimum absolute atomic E-state index is 0.175. The van der Waals surface area contributed by atoms with E-state index in [1.54, 1.807) is 58.9 Å². The molecule has 2 heterocycles. The molecule has 4 aromatic rings. The van der Waals surface area contributed by atoms with E-state index in [0.717, 1.165) is 6.07 Å². The normalized spacial score (nSPS) is 13.1. The van der Waals surface area contributed by atoms with Crippen LogP contribution in [0.2, 0.25) is 0 Å². The summed E-state index contributed by atoms with van der Waals surface area (Å²) in [6.45, 7) is 8.31. The molecule has 0 spiro atoms. The van der Waals surface area contributed by atoms with Crippen LogP contribution >= 0.6 is 0 Å². The van der Waals surface area contributed by atoms with Gasteiger partial charge in [-0.05, 0) is 51.0 Å². The number of halogens is 3. The van der Waals surface area contributed by atoms with E-state index in [1.807, 2.05) is 0 Å². The molecule has 206 valence electrons. The standard InChI is InChI=1S/C28H26F3NO7/c1-14(2)22(32-26(35)39-27(3,4)5)25(34)36-16-10-11-17-19(13-16)38-24(28(29,30)31)21(23(17)33)20-12-15-8-6-7-9-18(15)37-20/h6-14,22H,1-5H3,(H,32,35)/t22-/m0/s1. The van der Waals surface area contributed by atoms with Crippen LogP contribution < -0.4 is 15.5 Å². The molecule has 11 heteroatoms. The third-order valence-electron chi connectivity index (χ3n) is 5.60. The largest absolute Gasteiger partial charge is 0.456 e. The fourth-order valence-electron chi connectivity index (χ4n) is 3.88. The van der Waals surface area contributed by atoms with Gasteiger partial charge >= 0.3 is 18.2 Å². The van der Waals surface area contributed by atoms with Gasteiger partial charge in [-0.3, -0.25) is 4.79 Å². The first-order chi connectivity index (χ1) is 18.1. The second kappa shape index (κ2) is 10.1. The Balaban J connectivity index is 1.71. The van der Waals surface area contributed by atoms with Crippen LogP contribution in [-0.4, -0.2) is 23.7 Å². The van der Waals surface area contributed by atoms with E-state index in [9.17, 15) is 27.6 Å². The number of carbonyl (C=O) groups excluding carboxylic acids is 2. The highest BCUT2D eigenvalue weighted by Gasteiger charge is 2.40. The van der Waals surface area contributed by atoms with E-state index in [2.05, 4.69) is 5.32 Å². The van der Waals surface area contributed by atoms with Gasteiger partial charge in [0.05, 0.1) is 5.39 Å². The number of fused-ring (bicyclic) bond motifs is 2. The van der Waals surface area contributed by atoms with Crippen molar-refractivity contribution >= 4 is 34.0 Å². The first-order valence-electron chi connectivity index (χ1n) is 12.0. The molecule has 0 bridgehead atoms. The van der Waals surface area contributed by atoms with Crippen LogP contribution in [-0.2, 0) is 15.7 Å². The average Bonchev–Trinajstić information content (AvgIpc) is 3.24. The number of rotatable bonds is 5. The number of hydrogen-bond acceptors (Lipinski definition) is 7. The number of furan rings is 1. The fourth-order valence-corrected chi connectivity index (χ4v) is 3.88. The van der Waals surface area contributed by atoms with E-state index in [0.29, 0.717) is 11.0 Å². The minimum atomic E-state index is -5.03. The molecule has 0 saturated heterocycles. The number of amides is 1. The molecule has 1 atom stereocenters. The lowest BCUT2D eigenvalue weighted by atomic mass is 10.0. The zero-order valence-electron chi connectivity index (χ0n) is 21.8. The van der Waals surface area contributed by atoms with Crippen LogP contribution in [0.4, 0.5) is 18.0 Å². The zero-order valence-corrected chi connectivity index (χ0v) is 21.8. The zero-order chi connectivity index (χ0) is 28.7. The van der Waals surface area contributed by atoms with Crippen molar-refractivity contribution in [2.45, 2.75) is 52.4 Å². The van der Waals surface area contributed by atoms with Crippen LogP contribution in [0.15, 0.2) is 62.2 Å². The molecule has 4 rings (SSSR count). The molecule has 0 saturated carbocycles. The summed E-state index contributed by atoms with van der Waals surface area (Å²) in [5, 5.41) is 2.78. The summed E-state index contributed by atoms with van der Waals surface area (Å²) in [4.78, 5) is 38.3. The van der Waals surface area contributed by atoms with Gasteiger partial charge in [-0.2, -0.15) is 13.2 Å². The molecular weight excluding hydrogens is 519 g/mol. The van der Waals surface area contributed by atoms with Gasteiger partial charge in [0.25, 0.3) is 0 Å². The van der Waals surface area contributed by atoms with Gasteiger partial charge in [-0.1, -0.05) is 32.0 Å². The maximum atomic E-state index is 14.0. The molecule has 39 heavy (non-hydrogen) atoms. The summed E-state index contributed by atoms with van der Waals surface area (Å²) in [5.41, 5.74) is -2.67. The molecule has 0 aliphatic heterocycles. The Kier molecular flexibility index (Phi) is 7.20. The predicted molar refractivity (Wildman–Crippen MR) is 136 cm³/mol. The van der Waals surface area contributed by atoms with E-state index in [-0.39, 0.29) is 16.9 Å². The third kappa shape index (κ3) is 6.08. The maximum absolute atomic E-state index is 14.0. The lowest BCUT2D eigenvalue weighted by molar-refractivity contribution is -0.152. The van der Waals surface area contributed by atoms with Gasteiger partial charge in [-0.15, -0.1) is 0 Å². The Morgan fingerprint density at radius 1 is 0.949 bits per heavy atom. The van der Waals surface area contributed by atoms with Crippen LogP contribution in [0, 0.1) is 5.92 Å². The molecule has 1 amide bonds. The van der Waals surface area contributed by atoms with Crippen molar-refractivity contribution in [1.29, 1.82) is 0 Å². The van der Waals surface area contributed by atoms with E-state index >= 15 is 0 Å². The smallest absolute Gasteiger partial charge is 0.450 e. The van der Waals surface area contributed by atoms with Crippen molar-refractivity contribution < 1.29 is 41.1 Å². The van der Waals surface area contributed by atoms with Gasteiger partial charge in [0, 0.05) is 11.5 Å². The van der Waals surface area contributed by atoms with E-state index in [4.69, 9.17) is 18.3 Å². The molecule has 0 radical (unpaired) electrons. The third-order valence-corrected chi connectivity index (χ3v) is 5.60. The lowest BCUT2D eigenvalue weighted by Gasteiger charge is -2.24. The molecule has 8 nitrogen and oxygen atoms in total. The molecule has 0 fully saturated rings. The first-order valence-corrected chi connectivity index (χ1v) is 12.0. The highest BCUT2D eigenvalue weighted by molar-refractivity contribution is 5.88. The molecule has 0 aliphatic rings. The molecule has 0 unspecified atom stereocenters. The fraction of sp³-hybridized carbons (Fsp3) is 0.321. The maximum Gasteiger partial charge on any atom is 0.450 e. The Bertz CT molecular complexity index is 1580. The Morgan fingerprint density at radius 3 is 2.26 bits per heavy atom. The highest BCUT2D eigenvalue weighted by Crippen LogP contribution is 2.39. The average molecular weight is 546 g/mol. The Morgan fingerprint density at radius 2 is 1.64 bits per heavy atom. The van der Waals surface area contributed by atoms with Gasteiger partial charge in [0.2, 0.25) is 11.2 Å². The second-order valence-electron chi connectivity index (χ2n) is 10.2. The van der Waals surface area contributed by atoms with Crippen molar-refractivity contribution in [3.63, 3.8) is 0 Å². The molecule has 0 aliphatic carbocycles. The molecular formula is C28H26F3NO7. The van der Waals surface area contributed by atoms with Gasteiger partial charge in [-0.25, -0.2) is 9.59 Å². The Hall–Kier alpha value is -4.28. The van der Waals surface area contributed by atoms with Gasteiger partial charge in [0.1, 0.15) is 39.9 Å². The number of alkyl carbamates (subject to hydrolysis) is 1. The SMILES string of the molecule is CC(C)[C@H](NC(=O)OC(C)(C)C)C(=O)Oc1ccc2c(=O)c(-c3cc4ccccc4o3)c(C(F)(F)F)oc2c1. The van der Waals surface area contributed by atoms with E-state index in [1.165, 1.54) is 18.2 Å². The lowest BCUT2D eigenvalue weighted by Crippen LogP contribution is -2.48. The van der Waals surface area contributed by atoms with Gasteiger partial charge < -0.3 is 23.6 Å². The summed E-state index contributed by atoms with van der Waals surface area (Å²) in [6, 6.07) is 10.2. The van der Waals surface area contributed by atoms with Crippen molar-refractivity contribution in [2.24, 2.45) is 5.92 Å². The topological polar surface area (TPSA) is 108 Å². The van der Waals surface area contributed by atoms with Crippen LogP contribution in [0.3, 0.4) is 0 Å². The van der Waals surface area contributed by atoms with E-state index < -0.39 is 58.1 Å². The summed E-state index contributed by atoms with van der Waals surface area (Å²) < 4.78 is 63.3. The summed E-state index contributed by atoms with van der Waals surface area (Å²) in [7, 11) is 0. The quantitative estimate of drug-likeness (QED) is 0.220. The minimum Gasteiger partial charge on any atom is -0.456 e. The van der Waals surface area contributed by atoms with Crippen LogP contribution in [0.25, 0.3) is 33.3 Å². The number of carbonyl (C=O) groups is 2. The number of nitrogens with one attached hydrogen (secondary N) is 1. The predicted octanol–water partition coefficient (Wildman–Crippen LogP) is 6.68. The Labute approximate surface area is 220 Å². The highest BCUT2D eigenvalue weighted by atomic mass is 19.4. The number of hydrogen-bond donors (Lipinski definition) is 1. The summed E-state index contributed by atoms with van der Waals surface area (Å²) in [5.74, 6) is -3.31. The van der Waals surface area contributed by atoms with Crippen LogP contribution in [0.5, 0.6) is 5.75 Å². The first kappa shape index (κ1) is 27.7. The number of para-hydroxylation sites is 1. The molecule has 1 N–H and O–H groups in total. The van der Waals surface area contributed by atoms with Gasteiger partial charge in [0.15, 0.2) is 0 Å². The second-order valence-corrected chi connectivity index (χ2v) is 10.2. The molecule has 2 aromatic heterocycles. The summed E-state index contributed by atoms with van der Waals surface area (Å²) >= 11 is 0. The molecule has 2 aromatic carbocycles. The van der Waals surface area contributed by atoms with Crippen molar-refractivity contribution in [1.82, 2.24) is 5.32 Å². The van der Waals surface area contributed by atoms with Crippen molar-refractivity contribution in [2.75, 3.05) is 0 Å². The number of esters is 1.